The molecule has 0 aromatic heterocycles. The van der Waals surface area contributed by atoms with E-state index in [0.717, 1.165) is 24.3 Å². The Morgan fingerprint density at radius 3 is 2.36 bits per heavy atom. The lowest BCUT2D eigenvalue weighted by molar-refractivity contribution is 0.0967. The minimum absolute atomic E-state index is 0.218. The van der Waals surface area contributed by atoms with Crippen LogP contribution in [0, 0.1) is 5.82 Å². The maximum atomic E-state index is 13.5. The Morgan fingerprint density at radius 1 is 0.970 bits per heavy atom. The van der Waals surface area contributed by atoms with E-state index in [9.17, 15) is 9.18 Å². The molecule has 1 saturated heterocycles. The summed E-state index contributed by atoms with van der Waals surface area (Å²) in [5, 5.41) is 2.99. The smallest absolute Gasteiger partial charge is 0.257 e. The van der Waals surface area contributed by atoms with Crippen molar-refractivity contribution in [3.05, 3.63) is 95.8 Å². The molecule has 0 atom stereocenters. The molecule has 3 aromatic carbocycles. The van der Waals surface area contributed by atoms with Gasteiger partial charge in [0.15, 0.2) is 0 Å². The summed E-state index contributed by atoms with van der Waals surface area (Å²) in [6.07, 6.45) is 0. The van der Waals surface area contributed by atoms with Gasteiger partial charge < -0.3 is 9.64 Å². The highest BCUT2D eigenvalue weighted by molar-refractivity contribution is 6.06. The molecule has 0 spiro atoms. The maximum Gasteiger partial charge on any atom is 0.257 e. The number of amides is 1. The van der Waals surface area contributed by atoms with Crippen molar-refractivity contribution in [1.82, 2.24) is 15.1 Å². The molecule has 170 valence electrons. The first kappa shape index (κ1) is 22.5. The van der Waals surface area contributed by atoms with Gasteiger partial charge >= 0.3 is 0 Å². The molecule has 0 aliphatic carbocycles. The van der Waals surface area contributed by atoms with Gasteiger partial charge in [0.1, 0.15) is 11.6 Å². The van der Waals surface area contributed by atoms with E-state index in [1.165, 1.54) is 6.07 Å². The number of nitrogens with one attached hydrogen (secondary N) is 1. The van der Waals surface area contributed by atoms with Crippen LogP contribution in [0.1, 0.15) is 15.9 Å². The summed E-state index contributed by atoms with van der Waals surface area (Å²) in [5.41, 5.74) is 2.25. The number of nitrogens with zero attached hydrogens (tertiary/aromatic N) is 3. The molecule has 6 nitrogen and oxygen atoms in total. The van der Waals surface area contributed by atoms with Crippen LogP contribution in [0.3, 0.4) is 0 Å². The first-order valence-corrected chi connectivity index (χ1v) is 10.9. The summed E-state index contributed by atoms with van der Waals surface area (Å²) in [7, 11) is 1.59. The van der Waals surface area contributed by atoms with Crippen molar-refractivity contribution in [2.75, 3.05) is 33.3 Å². The number of rotatable bonds is 5. The van der Waals surface area contributed by atoms with Gasteiger partial charge in [0.05, 0.1) is 12.8 Å². The molecule has 1 heterocycles. The van der Waals surface area contributed by atoms with Crippen LogP contribution in [0.5, 0.6) is 5.75 Å². The number of benzene rings is 3. The van der Waals surface area contributed by atoms with Crippen LogP contribution in [-0.2, 0) is 6.54 Å². The highest BCUT2D eigenvalue weighted by Crippen LogP contribution is 2.15. The molecular weight excluding hydrogens is 419 g/mol. The van der Waals surface area contributed by atoms with Crippen molar-refractivity contribution in [1.29, 1.82) is 0 Å². The Kier molecular flexibility index (Phi) is 7.32. The Bertz CT molecular complexity index is 1090. The summed E-state index contributed by atoms with van der Waals surface area (Å²) in [4.78, 5) is 22.0. The van der Waals surface area contributed by atoms with E-state index in [-0.39, 0.29) is 11.7 Å². The van der Waals surface area contributed by atoms with Crippen LogP contribution in [0.25, 0.3) is 0 Å². The predicted octanol–water partition coefficient (Wildman–Crippen LogP) is 4.07. The van der Waals surface area contributed by atoms with Crippen LogP contribution in [0.2, 0.25) is 0 Å². The van der Waals surface area contributed by atoms with E-state index in [1.807, 2.05) is 36.4 Å². The van der Waals surface area contributed by atoms with E-state index in [0.29, 0.717) is 36.9 Å². The zero-order valence-corrected chi connectivity index (χ0v) is 18.6. The summed E-state index contributed by atoms with van der Waals surface area (Å²) in [5.74, 6) is 0.769. The number of halogens is 1. The molecule has 0 saturated carbocycles. The van der Waals surface area contributed by atoms with E-state index < -0.39 is 0 Å². The summed E-state index contributed by atoms with van der Waals surface area (Å²) >= 11 is 0. The van der Waals surface area contributed by atoms with Crippen LogP contribution in [0.4, 0.5) is 10.1 Å². The second-order valence-electron chi connectivity index (χ2n) is 7.85. The topological polar surface area (TPSA) is 57.2 Å². The molecule has 1 fully saturated rings. The van der Waals surface area contributed by atoms with E-state index in [4.69, 9.17) is 9.73 Å². The number of hydrogen-bond donors (Lipinski definition) is 1. The number of aliphatic imine (C=N–C) groups is 1. The highest BCUT2D eigenvalue weighted by atomic mass is 19.1. The maximum absolute atomic E-state index is 13.5. The van der Waals surface area contributed by atoms with Crippen LogP contribution in [0.15, 0.2) is 83.9 Å². The van der Waals surface area contributed by atoms with Gasteiger partial charge in [-0.1, -0.05) is 30.3 Å². The number of guanidine groups is 1. The van der Waals surface area contributed by atoms with Gasteiger partial charge in [-0.25, -0.2) is 9.38 Å². The number of piperazine rings is 1. The summed E-state index contributed by atoms with van der Waals surface area (Å²) in [6.45, 7) is 3.65. The van der Waals surface area contributed by atoms with Gasteiger partial charge in [0.2, 0.25) is 5.96 Å². The summed E-state index contributed by atoms with van der Waals surface area (Å²) < 4.78 is 18.7. The molecule has 0 radical (unpaired) electrons. The highest BCUT2D eigenvalue weighted by Gasteiger charge is 2.22. The quantitative estimate of drug-likeness (QED) is 0.474. The fraction of sp³-hybridized carbons (Fsp3) is 0.231. The fourth-order valence-corrected chi connectivity index (χ4v) is 3.73. The lowest BCUT2D eigenvalue weighted by Crippen LogP contribution is -2.53. The SMILES string of the molecule is COc1ccc(C(=O)NC(=Nc2ccccc2)N2CCN(Cc3cccc(F)c3)CC2)cc1. The number of para-hydroxylation sites is 1. The molecular formula is C26H27FN4O2. The molecule has 1 amide bonds. The molecule has 7 heteroatoms. The first-order valence-electron chi connectivity index (χ1n) is 10.9. The Balaban J connectivity index is 1.46. The third-order valence-electron chi connectivity index (χ3n) is 5.54. The Labute approximate surface area is 193 Å². The van der Waals surface area contributed by atoms with E-state index in [1.54, 1.807) is 43.5 Å². The second-order valence-corrected chi connectivity index (χ2v) is 7.85. The fourth-order valence-electron chi connectivity index (χ4n) is 3.73. The lowest BCUT2D eigenvalue weighted by atomic mass is 10.2. The van der Waals surface area contributed by atoms with Crippen molar-refractivity contribution >= 4 is 17.6 Å². The van der Waals surface area contributed by atoms with Crippen LogP contribution in [-0.4, -0.2) is 55.0 Å². The van der Waals surface area contributed by atoms with Crippen molar-refractivity contribution in [2.24, 2.45) is 4.99 Å². The van der Waals surface area contributed by atoms with Crippen LogP contribution >= 0.6 is 0 Å². The normalized spacial score (nSPS) is 14.7. The van der Waals surface area contributed by atoms with E-state index >= 15 is 0 Å². The van der Waals surface area contributed by atoms with Gasteiger partial charge in [0.25, 0.3) is 5.91 Å². The molecule has 0 bridgehead atoms. The standard InChI is InChI=1S/C26H27FN4O2/c1-33-24-12-10-21(11-13-24)25(32)29-26(28-23-8-3-2-4-9-23)31-16-14-30(15-17-31)19-20-6-5-7-22(27)18-20/h2-13,18H,14-17,19H2,1H3,(H,28,29,32). The lowest BCUT2D eigenvalue weighted by Gasteiger charge is -2.36. The number of hydrogen-bond acceptors (Lipinski definition) is 4. The molecule has 33 heavy (non-hydrogen) atoms. The minimum atomic E-state index is -0.227. The molecule has 3 aromatic rings. The Morgan fingerprint density at radius 2 is 1.70 bits per heavy atom. The van der Waals surface area contributed by atoms with Crippen molar-refractivity contribution in [2.45, 2.75) is 6.54 Å². The molecule has 1 aliphatic heterocycles. The second kappa shape index (κ2) is 10.7. The van der Waals surface area contributed by atoms with Crippen LogP contribution < -0.4 is 10.1 Å². The zero-order chi connectivity index (χ0) is 23.0. The monoisotopic (exact) mass is 446 g/mol. The Hall–Kier alpha value is -3.71. The van der Waals surface area contributed by atoms with E-state index in [2.05, 4.69) is 15.1 Å². The van der Waals surface area contributed by atoms with Gasteiger partial charge in [0, 0.05) is 38.3 Å². The average molecular weight is 447 g/mol. The number of ether oxygens (including phenoxy) is 1. The number of carbonyl (C=O) groups is 1. The van der Waals surface area contributed by atoms with Crippen molar-refractivity contribution in [3.63, 3.8) is 0 Å². The van der Waals surface area contributed by atoms with Gasteiger partial charge in [-0.15, -0.1) is 0 Å². The summed E-state index contributed by atoms with van der Waals surface area (Å²) in [6, 6.07) is 23.2. The number of carbonyl (C=O) groups excluding carboxylic acids is 1. The van der Waals surface area contributed by atoms with Gasteiger partial charge in [-0.05, 0) is 54.1 Å². The minimum Gasteiger partial charge on any atom is -0.497 e. The molecule has 1 aliphatic rings. The first-order chi connectivity index (χ1) is 16.1. The molecule has 4 rings (SSSR count). The van der Waals surface area contributed by atoms with Crippen molar-refractivity contribution in [3.8, 4) is 5.75 Å². The van der Waals surface area contributed by atoms with Gasteiger partial charge in [-0.2, -0.15) is 0 Å². The largest absolute Gasteiger partial charge is 0.497 e. The third-order valence-corrected chi connectivity index (χ3v) is 5.54. The van der Waals surface area contributed by atoms with Crippen molar-refractivity contribution < 1.29 is 13.9 Å². The molecule has 0 unspecified atom stereocenters. The molecule has 1 N–H and O–H groups in total. The zero-order valence-electron chi connectivity index (χ0n) is 18.6. The predicted molar refractivity (Wildman–Crippen MR) is 127 cm³/mol. The van der Waals surface area contributed by atoms with Gasteiger partial charge in [-0.3, -0.25) is 15.0 Å². The average Bonchev–Trinajstić information content (AvgIpc) is 2.85. The third kappa shape index (κ3) is 6.17. The number of methoxy groups -OCH3 is 1.